The minimum absolute atomic E-state index is 0.119. The Morgan fingerprint density at radius 1 is 0.750 bits per heavy atom. The van der Waals surface area contributed by atoms with Crippen molar-refractivity contribution in [3.8, 4) is 0 Å². The third-order valence-electron chi connectivity index (χ3n) is 2.81. The van der Waals surface area contributed by atoms with E-state index in [0.717, 1.165) is 18.2 Å². The van der Waals surface area contributed by atoms with E-state index in [0.29, 0.717) is 12.1 Å². The standard InChI is InChI=1S/C14H8BrF5/c15-12-4-2-1-3-11(12)14(19,20)13(17,18)9-5-7-10(16)8-6-9/h1-8H. The molecular weight excluding hydrogens is 343 g/mol. The fourth-order valence-electron chi connectivity index (χ4n) is 1.73. The number of hydrogen-bond donors (Lipinski definition) is 0. The van der Waals surface area contributed by atoms with Crippen LogP contribution in [0.15, 0.2) is 53.0 Å². The highest BCUT2D eigenvalue weighted by atomic mass is 79.9. The Morgan fingerprint density at radius 2 is 1.30 bits per heavy atom. The van der Waals surface area contributed by atoms with Crippen LogP contribution in [-0.4, -0.2) is 0 Å². The summed E-state index contributed by atoms with van der Waals surface area (Å²) in [4.78, 5) is 0. The third-order valence-corrected chi connectivity index (χ3v) is 3.50. The molecule has 2 aromatic rings. The van der Waals surface area contributed by atoms with Crippen LogP contribution in [0.1, 0.15) is 11.1 Å². The lowest BCUT2D eigenvalue weighted by Crippen LogP contribution is -2.35. The van der Waals surface area contributed by atoms with Gasteiger partial charge in [-0.05, 0) is 30.3 Å². The summed E-state index contributed by atoms with van der Waals surface area (Å²) < 4.78 is 68.9. The highest BCUT2D eigenvalue weighted by Crippen LogP contribution is 2.51. The summed E-state index contributed by atoms with van der Waals surface area (Å²) in [5.41, 5.74) is -1.77. The SMILES string of the molecule is Fc1ccc(C(F)(F)C(F)(F)c2ccccc2Br)cc1. The molecular formula is C14H8BrF5. The highest BCUT2D eigenvalue weighted by molar-refractivity contribution is 9.10. The third kappa shape index (κ3) is 2.44. The zero-order chi connectivity index (χ0) is 15.0. The van der Waals surface area contributed by atoms with Gasteiger partial charge in [0.15, 0.2) is 0 Å². The molecule has 106 valence electrons. The van der Waals surface area contributed by atoms with Crippen LogP contribution >= 0.6 is 15.9 Å². The maximum atomic E-state index is 14.1. The van der Waals surface area contributed by atoms with Gasteiger partial charge in [-0.25, -0.2) is 4.39 Å². The first-order chi connectivity index (χ1) is 9.26. The predicted molar refractivity (Wildman–Crippen MR) is 68.3 cm³/mol. The number of benzene rings is 2. The van der Waals surface area contributed by atoms with Crippen LogP contribution in [0.5, 0.6) is 0 Å². The molecule has 0 aliphatic heterocycles. The fraction of sp³-hybridized carbons (Fsp3) is 0.143. The summed E-state index contributed by atoms with van der Waals surface area (Å²) in [6.07, 6.45) is 0. The monoisotopic (exact) mass is 350 g/mol. The normalized spacial score (nSPS) is 12.5. The molecule has 2 rings (SSSR count). The molecule has 0 N–H and O–H groups in total. The molecule has 0 fully saturated rings. The van der Waals surface area contributed by atoms with E-state index < -0.39 is 28.8 Å². The van der Waals surface area contributed by atoms with E-state index in [9.17, 15) is 22.0 Å². The van der Waals surface area contributed by atoms with Gasteiger partial charge in [0.1, 0.15) is 5.82 Å². The van der Waals surface area contributed by atoms with Crippen molar-refractivity contribution in [2.45, 2.75) is 11.8 Å². The van der Waals surface area contributed by atoms with Gasteiger partial charge in [0.2, 0.25) is 0 Å². The number of hydrogen-bond acceptors (Lipinski definition) is 0. The predicted octanol–water partition coefficient (Wildman–Crippen LogP) is 5.47. The molecule has 2 aromatic carbocycles. The molecule has 0 heterocycles. The summed E-state index contributed by atoms with van der Waals surface area (Å²) >= 11 is 2.84. The van der Waals surface area contributed by atoms with Crippen LogP contribution in [0, 0.1) is 5.82 Å². The quantitative estimate of drug-likeness (QED) is 0.643. The Morgan fingerprint density at radius 3 is 1.85 bits per heavy atom. The lowest BCUT2D eigenvalue weighted by atomic mass is 9.96. The minimum atomic E-state index is -4.45. The Labute approximate surface area is 120 Å². The highest BCUT2D eigenvalue weighted by Gasteiger charge is 2.59. The number of rotatable bonds is 3. The summed E-state index contributed by atoms with van der Waals surface area (Å²) in [5, 5.41) is 0. The second-order valence-electron chi connectivity index (χ2n) is 4.14. The van der Waals surface area contributed by atoms with E-state index in [1.807, 2.05) is 0 Å². The first kappa shape index (κ1) is 15.0. The lowest BCUT2D eigenvalue weighted by molar-refractivity contribution is -0.224. The van der Waals surface area contributed by atoms with Crippen molar-refractivity contribution in [2.75, 3.05) is 0 Å². The molecule has 6 heteroatoms. The summed E-state index contributed by atoms with van der Waals surface area (Å²) in [6.45, 7) is 0. The van der Waals surface area contributed by atoms with Gasteiger partial charge >= 0.3 is 11.8 Å². The van der Waals surface area contributed by atoms with Crippen molar-refractivity contribution in [1.82, 2.24) is 0 Å². The van der Waals surface area contributed by atoms with E-state index in [-0.39, 0.29) is 4.47 Å². The van der Waals surface area contributed by atoms with Gasteiger partial charge in [0.25, 0.3) is 0 Å². The van der Waals surface area contributed by atoms with Crippen LogP contribution in [0.2, 0.25) is 0 Å². The average Bonchev–Trinajstić information content (AvgIpc) is 2.39. The van der Waals surface area contributed by atoms with Gasteiger partial charge in [-0.1, -0.05) is 34.1 Å². The molecule has 0 spiro atoms. The van der Waals surface area contributed by atoms with Crippen molar-refractivity contribution >= 4 is 15.9 Å². The van der Waals surface area contributed by atoms with Crippen LogP contribution in [0.25, 0.3) is 0 Å². The van der Waals surface area contributed by atoms with Crippen molar-refractivity contribution in [3.05, 3.63) is 69.9 Å². The first-order valence-corrected chi connectivity index (χ1v) is 6.33. The summed E-state index contributed by atoms with van der Waals surface area (Å²) in [7, 11) is 0. The van der Waals surface area contributed by atoms with E-state index in [1.165, 1.54) is 18.2 Å². The molecule has 0 aliphatic carbocycles. The molecule has 0 atom stereocenters. The molecule has 0 saturated carbocycles. The Hall–Kier alpha value is -1.43. The fourth-order valence-corrected chi connectivity index (χ4v) is 2.26. The molecule has 0 aromatic heterocycles. The van der Waals surface area contributed by atoms with E-state index in [4.69, 9.17) is 0 Å². The molecule has 0 saturated heterocycles. The molecule has 0 aliphatic rings. The Balaban J connectivity index is 2.51. The van der Waals surface area contributed by atoms with Crippen LogP contribution in [0.4, 0.5) is 22.0 Å². The van der Waals surface area contributed by atoms with Crippen molar-refractivity contribution in [1.29, 1.82) is 0 Å². The molecule has 20 heavy (non-hydrogen) atoms. The van der Waals surface area contributed by atoms with E-state index >= 15 is 0 Å². The minimum Gasteiger partial charge on any atom is -0.207 e. The van der Waals surface area contributed by atoms with Gasteiger partial charge in [-0.3, -0.25) is 0 Å². The molecule has 0 nitrogen and oxygen atoms in total. The molecule has 0 bridgehead atoms. The smallest absolute Gasteiger partial charge is 0.207 e. The summed E-state index contributed by atoms with van der Waals surface area (Å²) in [5.74, 6) is -9.65. The van der Waals surface area contributed by atoms with E-state index in [2.05, 4.69) is 15.9 Å². The van der Waals surface area contributed by atoms with Gasteiger partial charge in [0, 0.05) is 15.6 Å². The van der Waals surface area contributed by atoms with Gasteiger partial charge in [-0.2, -0.15) is 17.6 Å². The zero-order valence-corrected chi connectivity index (χ0v) is 11.5. The van der Waals surface area contributed by atoms with Gasteiger partial charge in [-0.15, -0.1) is 0 Å². The van der Waals surface area contributed by atoms with E-state index in [1.54, 1.807) is 0 Å². The molecule has 0 amide bonds. The second kappa shape index (κ2) is 5.16. The Kier molecular flexibility index (Phi) is 3.86. The second-order valence-corrected chi connectivity index (χ2v) is 4.99. The van der Waals surface area contributed by atoms with Crippen LogP contribution < -0.4 is 0 Å². The topological polar surface area (TPSA) is 0 Å². The molecule has 0 radical (unpaired) electrons. The van der Waals surface area contributed by atoms with Gasteiger partial charge in [0.05, 0.1) is 0 Å². The van der Waals surface area contributed by atoms with Crippen molar-refractivity contribution in [2.24, 2.45) is 0 Å². The first-order valence-electron chi connectivity index (χ1n) is 5.53. The lowest BCUT2D eigenvalue weighted by Gasteiger charge is -2.27. The van der Waals surface area contributed by atoms with Crippen molar-refractivity contribution < 1.29 is 22.0 Å². The number of halogens is 6. The van der Waals surface area contributed by atoms with Crippen LogP contribution in [0.3, 0.4) is 0 Å². The van der Waals surface area contributed by atoms with Crippen molar-refractivity contribution in [3.63, 3.8) is 0 Å². The van der Waals surface area contributed by atoms with Gasteiger partial charge < -0.3 is 0 Å². The largest absolute Gasteiger partial charge is 0.340 e. The van der Waals surface area contributed by atoms with Crippen LogP contribution in [-0.2, 0) is 11.8 Å². The average molecular weight is 351 g/mol. The maximum absolute atomic E-state index is 14.1. The zero-order valence-electron chi connectivity index (χ0n) is 9.89. The summed E-state index contributed by atoms with van der Waals surface area (Å²) in [6, 6.07) is 7.61. The molecule has 0 unspecified atom stereocenters. The maximum Gasteiger partial charge on any atom is 0.340 e. The Bertz CT molecular complexity index is 607. The number of alkyl halides is 4.